The lowest BCUT2D eigenvalue weighted by Crippen LogP contribution is -2.10. The largest absolute Gasteiger partial charge is 0.494 e. The third-order valence-corrected chi connectivity index (χ3v) is 3.23. The minimum Gasteiger partial charge on any atom is -0.494 e. The van der Waals surface area contributed by atoms with Crippen LogP contribution < -0.4 is 10.5 Å². The molecule has 0 heterocycles. The molecule has 1 fully saturated rings. The monoisotopic (exact) mass is 255 g/mol. The molecule has 0 atom stereocenters. The number of hydrogen-bond acceptors (Lipinski definition) is 2. The van der Waals surface area contributed by atoms with Gasteiger partial charge >= 0.3 is 0 Å². The molecule has 2 rings (SSSR count). The van der Waals surface area contributed by atoms with Crippen molar-refractivity contribution in [3.63, 3.8) is 0 Å². The van der Waals surface area contributed by atoms with E-state index >= 15 is 0 Å². The summed E-state index contributed by atoms with van der Waals surface area (Å²) in [5.74, 6) is 1.66. The van der Waals surface area contributed by atoms with Gasteiger partial charge in [-0.1, -0.05) is 36.7 Å². The maximum Gasteiger partial charge on any atom is 0.120 e. The maximum absolute atomic E-state index is 6.03. The minimum absolute atomic E-state index is 0.314. The molecular formula is C12H14ClNOS. The summed E-state index contributed by atoms with van der Waals surface area (Å²) in [4.78, 5) is 0.314. The summed E-state index contributed by atoms with van der Waals surface area (Å²) in [5.41, 5.74) is 6.22. The van der Waals surface area contributed by atoms with Crippen molar-refractivity contribution in [2.24, 2.45) is 11.7 Å². The van der Waals surface area contributed by atoms with Gasteiger partial charge in [0, 0.05) is 5.56 Å². The molecule has 4 heteroatoms. The molecule has 1 aromatic carbocycles. The SMILES string of the molecule is NC(=S)c1ccc(OCCC2CC2)cc1Cl. The van der Waals surface area contributed by atoms with Crippen LogP contribution in [0.25, 0.3) is 0 Å². The normalized spacial score (nSPS) is 14.8. The Bertz CT molecular complexity index is 404. The van der Waals surface area contributed by atoms with Crippen molar-refractivity contribution in [3.05, 3.63) is 28.8 Å². The molecule has 0 spiro atoms. The second kappa shape index (κ2) is 5.02. The van der Waals surface area contributed by atoms with Gasteiger partial charge in [0.1, 0.15) is 10.7 Å². The van der Waals surface area contributed by atoms with E-state index in [2.05, 4.69) is 0 Å². The van der Waals surface area contributed by atoms with Gasteiger partial charge in [-0.05, 0) is 30.5 Å². The fraction of sp³-hybridized carbons (Fsp3) is 0.417. The third kappa shape index (κ3) is 3.09. The lowest BCUT2D eigenvalue weighted by molar-refractivity contribution is 0.302. The molecule has 1 saturated carbocycles. The van der Waals surface area contributed by atoms with Crippen LogP contribution in [-0.2, 0) is 0 Å². The number of thiocarbonyl (C=S) groups is 1. The minimum atomic E-state index is 0.314. The number of hydrogen-bond donors (Lipinski definition) is 1. The van der Waals surface area contributed by atoms with E-state index in [-0.39, 0.29) is 0 Å². The van der Waals surface area contributed by atoms with Crippen LogP contribution in [0.2, 0.25) is 5.02 Å². The van der Waals surface area contributed by atoms with Crippen molar-refractivity contribution < 1.29 is 4.74 Å². The number of benzene rings is 1. The Labute approximate surface area is 106 Å². The molecule has 0 bridgehead atoms. The standard InChI is InChI=1S/C12H14ClNOS/c13-11-7-9(3-4-10(11)12(14)16)15-6-5-8-1-2-8/h3-4,7-8H,1-2,5-6H2,(H2,14,16). The predicted octanol–water partition coefficient (Wildman–Crippen LogP) is 3.15. The van der Waals surface area contributed by atoms with Crippen LogP contribution in [0.5, 0.6) is 5.75 Å². The zero-order valence-electron chi connectivity index (χ0n) is 8.91. The fourth-order valence-corrected chi connectivity index (χ4v) is 2.04. The van der Waals surface area contributed by atoms with Crippen molar-refractivity contribution in [2.75, 3.05) is 6.61 Å². The van der Waals surface area contributed by atoms with Crippen LogP contribution in [0.3, 0.4) is 0 Å². The van der Waals surface area contributed by atoms with Crippen molar-refractivity contribution in [3.8, 4) is 5.75 Å². The van der Waals surface area contributed by atoms with Gasteiger partial charge in [-0.3, -0.25) is 0 Å². The summed E-state index contributed by atoms with van der Waals surface area (Å²) in [6.45, 7) is 0.757. The zero-order valence-corrected chi connectivity index (χ0v) is 10.5. The number of halogens is 1. The van der Waals surface area contributed by atoms with Gasteiger partial charge in [0.15, 0.2) is 0 Å². The van der Waals surface area contributed by atoms with Crippen molar-refractivity contribution >= 4 is 28.8 Å². The number of rotatable bonds is 5. The van der Waals surface area contributed by atoms with Crippen molar-refractivity contribution in [2.45, 2.75) is 19.3 Å². The first-order valence-electron chi connectivity index (χ1n) is 5.39. The Hall–Kier alpha value is -0.800. The smallest absolute Gasteiger partial charge is 0.120 e. The van der Waals surface area contributed by atoms with E-state index in [1.807, 2.05) is 6.07 Å². The first kappa shape index (κ1) is 11.7. The van der Waals surface area contributed by atoms with Gasteiger partial charge in [0.25, 0.3) is 0 Å². The average Bonchev–Trinajstić information content (AvgIpc) is 3.01. The highest BCUT2D eigenvalue weighted by Gasteiger charge is 2.20. The molecule has 1 aliphatic carbocycles. The van der Waals surface area contributed by atoms with E-state index in [0.717, 1.165) is 24.7 Å². The third-order valence-electron chi connectivity index (χ3n) is 2.70. The van der Waals surface area contributed by atoms with E-state index in [9.17, 15) is 0 Å². The molecule has 0 amide bonds. The molecule has 1 aliphatic rings. The molecular weight excluding hydrogens is 242 g/mol. The van der Waals surface area contributed by atoms with Crippen molar-refractivity contribution in [1.29, 1.82) is 0 Å². The first-order valence-corrected chi connectivity index (χ1v) is 6.17. The molecule has 0 unspecified atom stereocenters. The second-order valence-corrected chi connectivity index (χ2v) is 4.93. The fourth-order valence-electron chi connectivity index (χ4n) is 1.54. The molecule has 0 saturated heterocycles. The van der Waals surface area contributed by atoms with Gasteiger partial charge in [-0.15, -0.1) is 0 Å². The Morgan fingerprint density at radius 1 is 1.50 bits per heavy atom. The van der Waals surface area contributed by atoms with Crippen LogP contribution in [0.15, 0.2) is 18.2 Å². The summed E-state index contributed by atoms with van der Waals surface area (Å²) in [6.07, 6.45) is 3.84. The first-order chi connectivity index (χ1) is 7.66. The lowest BCUT2D eigenvalue weighted by atomic mass is 10.2. The Kier molecular flexibility index (Phi) is 3.66. The highest BCUT2D eigenvalue weighted by Crippen LogP contribution is 2.32. The van der Waals surface area contributed by atoms with Gasteiger partial charge in [-0.25, -0.2) is 0 Å². The molecule has 16 heavy (non-hydrogen) atoms. The summed E-state index contributed by atoms with van der Waals surface area (Å²) in [6, 6.07) is 5.42. The molecule has 2 nitrogen and oxygen atoms in total. The van der Waals surface area contributed by atoms with E-state index < -0.39 is 0 Å². The van der Waals surface area contributed by atoms with Crippen LogP contribution in [-0.4, -0.2) is 11.6 Å². The number of ether oxygens (including phenoxy) is 1. The van der Waals surface area contributed by atoms with Crippen molar-refractivity contribution in [1.82, 2.24) is 0 Å². The van der Waals surface area contributed by atoms with Gasteiger partial charge in [-0.2, -0.15) is 0 Å². The highest BCUT2D eigenvalue weighted by atomic mass is 35.5. The van der Waals surface area contributed by atoms with E-state index in [1.165, 1.54) is 12.8 Å². The topological polar surface area (TPSA) is 35.2 Å². The Balaban J connectivity index is 1.93. The quantitative estimate of drug-likeness (QED) is 0.821. The maximum atomic E-state index is 6.03. The van der Waals surface area contributed by atoms with Crippen LogP contribution >= 0.6 is 23.8 Å². The lowest BCUT2D eigenvalue weighted by Gasteiger charge is -2.08. The molecule has 2 N–H and O–H groups in total. The summed E-state index contributed by atoms with van der Waals surface area (Å²) < 4.78 is 5.60. The Morgan fingerprint density at radius 2 is 2.25 bits per heavy atom. The van der Waals surface area contributed by atoms with E-state index in [1.54, 1.807) is 12.1 Å². The van der Waals surface area contributed by atoms with Crippen LogP contribution in [0, 0.1) is 5.92 Å². The average molecular weight is 256 g/mol. The van der Waals surface area contributed by atoms with Gasteiger partial charge in [0.2, 0.25) is 0 Å². The molecule has 86 valence electrons. The summed E-state index contributed by atoms with van der Waals surface area (Å²) >= 11 is 10.9. The van der Waals surface area contributed by atoms with Gasteiger partial charge < -0.3 is 10.5 Å². The molecule has 1 aromatic rings. The second-order valence-electron chi connectivity index (χ2n) is 4.09. The van der Waals surface area contributed by atoms with Crippen LogP contribution in [0.1, 0.15) is 24.8 Å². The zero-order chi connectivity index (χ0) is 11.5. The van der Waals surface area contributed by atoms with E-state index in [0.29, 0.717) is 15.6 Å². The summed E-state index contributed by atoms with van der Waals surface area (Å²) in [5, 5.41) is 0.552. The molecule has 0 aromatic heterocycles. The molecule has 0 radical (unpaired) electrons. The summed E-state index contributed by atoms with van der Waals surface area (Å²) in [7, 11) is 0. The van der Waals surface area contributed by atoms with Gasteiger partial charge in [0.05, 0.1) is 11.6 Å². The highest BCUT2D eigenvalue weighted by molar-refractivity contribution is 7.80. The van der Waals surface area contributed by atoms with E-state index in [4.69, 9.17) is 34.3 Å². The molecule has 0 aliphatic heterocycles. The number of nitrogens with two attached hydrogens (primary N) is 1. The predicted molar refractivity (Wildman–Crippen MR) is 70.2 cm³/mol. The van der Waals surface area contributed by atoms with Crippen LogP contribution in [0.4, 0.5) is 0 Å². The Morgan fingerprint density at radius 3 is 2.81 bits per heavy atom.